The molecule has 1 heterocycles. The van der Waals surface area contributed by atoms with Crippen LogP contribution in [0.5, 0.6) is 0 Å². The van der Waals surface area contributed by atoms with Crippen molar-refractivity contribution >= 4 is 28.3 Å². The van der Waals surface area contributed by atoms with Crippen LogP contribution in [0, 0.1) is 5.82 Å². The second-order valence-corrected chi connectivity index (χ2v) is 5.75. The minimum atomic E-state index is -1.16. The number of benzene rings is 2. The van der Waals surface area contributed by atoms with Gasteiger partial charge in [-0.2, -0.15) is 5.10 Å². The van der Waals surface area contributed by atoms with E-state index in [0.29, 0.717) is 10.8 Å². The molecule has 24 heavy (non-hydrogen) atoms. The van der Waals surface area contributed by atoms with Crippen LogP contribution < -0.4 is 5.56 Å². The SMILES string of the molecule is O=C(O)C(Cc1ccc(Cl)cc1F)c1n[nH]c(=O)c2ccccc12. The fourth-order valence-electron chi connectivity index (χ4n) is 2.61. The molecule has 5 nitrogen and oxygen atoms in total. The zero-order valence-electron chi connectivity index (χ0n) is 12.3. The second kappa shape index (κ2) is 6.41. The first kappa shape index (κ1) is 16.1. The highest BCUT2D eigenvalue weighted by Crippen LogP contribution is 2.27. The summed E-state index contributed by atoms with van der Waals surface area (Å²) in [7, 11) is 0. The van der Waals surface area contributed by atoms with E-state index in [1.54, 1.807) is 24.3 Å². The van der Waals surface area contributed by atoms with E-state index in [-0.39, 0.29) is 22.7 Å². The summed E-state index contributed by atoms with van der Waals surface area (Å²) in [4.78, 5) is 23.6. The van der Waals surface area contributed by atoms with Crippen LogP contribution in [0.1, 0.15) is 17.2 Å². The zero-order valence-corrected chi connectivity index (χ0v) is 13.0. The molecule has 0 radical (unpaired) electrons. The molecule has 3 rings (SSSR count). The standard InChI is InChI=1S/C17H12ClFN2O3/c18-10-6-5-9(14(19)8-10)7-13(17(23)24)15-11-3-1-2-4-12(11)16(22)21-20-15/h1-6,8,13H,7H2,(H,21,22)(H,23,24). The van der Waals surface area contributed by atoms with Gasteiger partial charge in [-0.1, -0.05) is 35.9 Å². The molecule has 0 spiro atoms. The molecule has 1 unspecified atom stereocenters. The number of rotatable bonds is 4. The van der Waals surface area contributed by atoms with Crippen molar-refractivity contribution in [2.75, 3.05) is 0 Å². The van der Waals surface area contributed by atoms with Crippen LogP contribution >= 0.6 is 11.6 Å². The molecule has 0 saturated heterocycles. The number of hydrogen-bond donors (Lipinski definition) is 2. The summed E-state index contributed by atoms with van der Waals surface area (Å²) >= 11 is 5.72. The minimum absolute atomic E-state index is 0.110. The van der Waals surface area contributed by atoms with Crippen LogP contribution in [0.2, 0.25) is 5.02 Å². The Balaban J connectivity index is 2.11. The summed E-state index contributed by atoms with van der Waals surface area (Å²) in [6.07, 6.45) is -0.110. The van der Waals surface area contributed by atoms with Crippen molar-refractivity contribution in [3.05, 3.63) is 74.9 Å². The van der Waals surface area contributed by atoms with E-state index in [9.17, 15) is 19.1 Å². The van der Waals surface area contributed by atoms with Crippen LogP contribution in [0.3, 0.4) is 0 Å². The number of aliphatic carboxylic acids is 1. The van der Waals surface area contributed by atoms with E-state index in [1.165, 1.54) is 12.1 Å². The monoisotopic (exact) mass is 346 g/mol. The van der Waals surface area contributed by atoms with Crippen molar-refractivity contribution in [1.82, 2.24) is 10.2 Å². The normalized spacial score (nSPS) is 12.2. The van der Waals surface area contributed by atoms with E-state index in [2.05, 4.69) is 10.2 Å². The number of aromatic nitrogens is 2. The van der Waals surface area contributed by atoms with Crippen molar-refractivity contribution in [1.29, 1.82) is 0 Å². The molecule has 0 aliphatic rings. The molecule has 1 aromatic heterocycles. The highest BCUT2D eigenvalue weighted by Gasteiger charge is 2.26. The second-order valence-electron chi connectivity index (χ2n) is 5.31. The number of fused-ring (bicyclic) bond motifs is 1. The maximum absolute atomic E-state index is 14.0. The molecule has 3 aromatic rings. The van der Waals surface area contributed by atoms with Gasteiger partial charge in [0.15, 0.2) is 0 Å². The molecule has 0 fully saturated rings. The molecular formula is C17H12ClFN2O3. The first-order valence-electron chi connectivity index (χ1n) is 7.11. The van der Waals surface area contributed by atoms with E-state index in [0.717, 1.165) is 6.07 Å². The fraction of sp³-hybridized carbons (Fsp3) is 0.118. The molecule has 2 aromatic carbocycles. The third-order valence-electron chi connectivity index (χ3n) is 3.79. The summed E-state index contributed by atoms with van der Waals surface area (Å²) in [6.45, 7) is 0. The first-order valence-corrected chi connectivity index (χ1v) is 7.49. The molecule has 0 aliphatic carbocycles. The zero-order chi connectivity index (χ0) is 17.3. The van der Waals surface area contributed by atoms with Crippen molar-refractivity contribution in [2.45, 2.75) is 12.3 Å². The molecule has 1 atom stereocenters. The van der Waals surface area contributed by atoms with Crippen LogP contribution in [0.25, 0.3) is 10.8 Å². The Kier molecular flexibility index (Phi) is 4.31. The van der Waals surface area contributed by atoms with Crippen molar-refractivity contribution < 1.29 is 14.3 Å². The van der Waals surface area contributed by atoms with Gasteiger partial charge in [-0.3, -0.25) is 9.59 Å². The Labute approximate surface area is 140 Å². The van der Waals surface area contributed by atoms with Gasteiger partial charge in [-0.05, 0) is 30.2 Å². The predicted molar refractivity (Wildman–Crippen MR) is 87.9 cm³/mol. The lowest BCUT2D eigenvalue weighted by atomic mass is 9.93. The highest BCUT2D eigenvalue weighted by atomic mass is 35.5. The van der Waals surface area contributed by atoms with Gasteiger partial charge in [0.05, 0.1) is 11.1 Å². The van der Waals surface area contributed by atoms with Gasteiger partial charge in [0.2, 0.25) is 0 Å². The summed E-state index contributed by atoms with van der Waals surface area (Å²) in [5.41, 5.74) is -0.00732. The van der Waals surface area contributed by atoms with E-state index >= 15 is 0 Å². The van der Waals surface area contributed by atoms with Gasteiger partial charge in [0, 0.05) is 10.4 Å². The number of halogens is 2. The van der Waals surface area contributed by atoms with Gasteiger partial charge in [-0.15, -0.1) is 0 Å². The minimum Gasteiger partial charge on any atom is -0.481 e. The maximum Gasteiger partial charge on any atom is 0.313 e. The number of hydrogen-bond acceptors (Lipinski definition) is 3. The molecule has 122 valence electrons. The molecular weight excluding hydrogens is 335 g/mol. The van der Waals surface area contributed by atoms with Crippen molar-refractivity contribution in [3.63, 3.8) is 0 Å². The molecule has 7 heteroatoms. The molecule has 2 N–H and O–H groups in total. The lowest BCUT2D eigenvalue weighted by molar-refractivity contribution is -0.138. The van der Waals surface area contributed by atoms with Crippen molar-refractivity contribution in [3.8, 4) is 0 Å². The third kappa shape index (κ3) is 3.00. The van der Waals surface area contributed by atoms with Crippen molar-refractivity contribution in [2.24, 2.45) is 0 Å². The number of nitrogens with zero attached hydrogens (tertiary/aromatic N) is 1. The quantitative estimate of drug-likeness (QED) is 0.760. The summed E-state index contributed by atoms with van der Waals surface area (Å²) in [6, 6.07) is 10.7. The fourth-order valence-corrected chi connectivity index (χ4v) is 2.77. The Morgan fingerprint density at radius 1 is 1.25 bits per heavy atom. The van der Waals surface area contributed by atoms with Gasteiger partial charge in [-0.25, -0.2) is 9.49 Å². The van der Waals surface area contributed by atoms with Gasteiger partial charge in [0.1, 0.15) is 11.7 Å². The number of aromatic amines is 1. The third-order valence-corrected chi connectivity index (χ3v) is 4.03. The number of carboxylic acid groups (broad SMARTS) is 1. The maximum atomic E-state index is 14.0. The summed E-state index contributed by atoms with van der Waals surface area (Å²) < 4.78 is 14.0. The lowest BCUT2D eigenvalue weighted by Crippen LogP contribution is -2.20. The molecule has 0 aliphatic heterocycles. The Bertz CT molecular complexity index is 987. The topological polar surface area (TPSA) is 83.0 Å². The van der Waals surface area contributed by atoms with E-state index in [1.807, 2.05) is 0 Å². The van der Waals surface area contributed by atoms with E-state index < -0.39 is 23.3 Å². The lowest BCUT2D eigenvalue weighted by Gasteiger charge is -2.14. The number of H-pyrrole nitrogens is 1. The Morgan fingerprint density at radius 2 is 1.96 bits per heavy atom. The molecule has 0 bridgehead atoms. The summed E-state index contributed by atoms with van der Waals surface area (Å²) in [5.74, 6) is -2.85. The number of carbonyl (C=O) groups is 1. The number of nitrogens with one attached hydrogen (secondary N) is 1. The predicted octanol–water partition coefficient (Wildman–Crippen LogP) is 3.13. The molecule has 0 saturated carbocycles. The average molecular weight is 347 g/mol. The highest BCUT2D eigenvalue weighted by molar-refractivity contribution is 6.30. The average Bonchev–Trinajstić information content (AvgIpc) is 2.55. The first-order chi connectivity index (χ1) is 11.5. The van der Waals surface area contributed by atoms with E-state index in [4.69, 9.17) is 11.6 Å². The van der Waals surface area contributed by atoms with Gasteiger partial charge in [0.25, 0.3) is 5.56 Å². The van der Waals surface area contributed by atoms with Crippen LogP contribution in [-0.4, -0.2) is 21.3 Å². The number of carboxylic acids is 1. The summed E-state index contributed by atoms with van der Waals surface area (Å²) in [5, 5.41) is 16.8. The van der Waals surface area contributed by atoms with Crippen LogP contribution in [0.4, 0.5) is 4.39 Å². The van der Waals surface area contributed by atoms with Gasteiger partial charge < -0.3 is 5.11 Å². The molecule has 0 amide bonds. The van der Waals surface area contributed by atoms with Crippen LogP contribution in [0.15, 0.2) is 47.3 Å². The largest absolute Gasteiger partial charge is 0.481 e. The Hall–Kier alpha value is -2.73. The smallest absolute Gasteiger partial charge is 0.313 e. The Morgan fingerprint density at radius 3 is 2.62 bits per heavy atom. The van der Waals surface area contributed by atoms with Crippen LogP contribution in [-0.2, 0) is 11.2 Å². The van der Waals surface area contributed by atoms with Gasteiger partial charge >= 0.3 is 5.97 Å².